The lowest BCUT2D eigenvalue weighted by Crippen LogP contribution is -2.24. The third kappa shape index (κ3) is 5.23. The second-order valence-electron chi connectivity index (χ2n) is 9.14. The fraction of sp³-hybridized carbons (Fsp3) is 0.185. The van der Waals surface area contributed by atoms with Gasteiger partial charge in [0.1, 0.15) is 35.2 Å². The molecule has 1 atom stereocenters. The predicted molar refractivity (Wildman–Crippen MR) is 149 cm³/mol. The van der Waals surface area contributed by atoms with Crippen molar-refractivity contribution < 1.29 is 13.5 Å². The largest absolute Gasteiger partial charge is 0.467 e. The Morgan fingerprint density at radius 3 is 2.67 bits per heavy atom. The van der Waals surface area contributed by atoms with Gasteiger partial charge in [-0.3, -0.25) is 14.6 Å². The third-order valence-electron chi connectivity index (χ3n) is 5.89. The molecule has 40 heavy (non-hydrogen) atoms. The molecule has 13 heteroatoms. The normalized spacial score (nSPS) is 12.1. The van der Waals surface area contributed by atoms with Gasteiger partial charge in [-0.15, -0.1) is 0 Å². The van der Waals surface area contributed by atoms with Gasteiger partial charge in [-0.1, -0.05) is 23.5 Å². The lowest BCUT2D eigenvalue weighted by atomic mass is 10.0. The molecule has 5 rings (SSSR count). The Bertz CT molecular complexity index is 1800. The van der Waals surface area contributed by atoms with Crippen LogP contribution in [0.4, 0.5) is 20.4 Å². The van der Waals surface area contributed by atoms with Gasteiger partial charge < -0.3 is 15.8 Å². The summed E-state index contributed by atoms with van der Waals surface area (Å²) in [5, 5.41) is 12.4. The highest BCUT2D eigenvalue weighted by molar-refractivity contribution is 7.15. The van der Waals surface area contributed by atoms with Gasteiger partial charge in [0.25, 0.3) is 10.8 Å². The van der Waals surface area contributed by atoms with Crippen LogP contribution >= 0.6 is 11.3 Å². The van der Waals surface area contributed by atoms with Crippen LogP contribution in [-0.4, -0.2) is 36.2 Å². The maximum atomic E-state index is 14.2. The van der Waals surface area contributed by atoms with Gasteiger partial charge in [-0.25, -0.2) is 28.7 Å². The molecule has 5 aromatic rings. The Labute approximate surface area is 231 Å². The van der Waals surface area contributed by atoms with E-state index in [0.717, 1.165) is 10.6 Å². The summed E-state index contributed by atoms with van der Waals surface area (Å²) in [6, 6.07) is 7.41. The summed E-state index contributed by atoms with van der Waals surface area (Å²) < 4.78 is 34.9. The predicted octanol–water partition coefficient (Wildman–Crippen LogP) is 4.84. The van der Waals surface area contributed by atoms with Crippen molar-refractivity contribution in [3.05, 3.63) is 93.2 Å². The van der Waals surface area contributed by atoms with E-state index in [9.17, 15) is 13.6 Å². The second-order valence-corrected chi connectivity index (χ2v) is 10.1. The summed E-state index contributed by atoms with van der Waals surface area (Å²) in [6.45, 7) is 5.48. The number of aromatic nitrogens is 5. The minimum Gasteiger partial charge on any atom is -0.467 e. The van der Waals surface area contributed by atoms with Crippen molar-refractivity contribution in [2.45, 2.75) is 32.9 Å². The molecule has 0 spiro atoms. The van der Waals surface area contributed by atoms with E-state index in [-0.39, 0.29) is 51.5 Å². The number of nitrogens with zero attached hydrogens (tertiary/aromatic N) is 5. The highest BCUT2D eigenvalue weighted by Gasteiger charge is 2.24. The molecule has 4 N–H and O–H groups in total. The molecule has 4 heterocycles. The molecule has 1 unspecified atom stereocenters. The minimum atomic E-state index is -0.692. The van der Waals surface area contributed by atoms with Gasteiger partial charge in [0.05, 0.1) is 45.8 Å². The number of benzene rings is 1. The molecule has 1 aromatic carbocycles. The summed E-state index contributed by atoms with van der Waals surface area (Å²) in [4.78, 5) is 31.3. The van der Waals surface area contributed by atoms with E-state index >= 15 is 0 Å². The van der Waals surface area contributed by atoms with Crippen LogP contribution in [0.5, 0.6) is 5.19 Å². The second kappa shape index (κ2) is 10.8. The van der Waals surface area contributed by atoms with E-state index in [1.54, 1.807) is 13.0 Å². The van der Waals surface area contributed by atoms with Crippen molar-refractivity contribution in [3.63, 3.8) is 0 Å². The molecular formula is C27H24F2N8O2S. The Morgan fingerprint density at radius 1 is 1.12 bits per heavy atom. The fourth-order valence-corrected chi connectivity index (χ4v) is 4.98. The summed E-state index contributed by atoms with van der Waals surface area (Å²) >= 11 is 1.18. The van der Waals surface area contributed by atoms with E-state index < -0.39 is 23.2 Å². The summed E-state index contributed by atoms with van der Waals surface area (Å²) in [6.07, 6.45) is 3.71. The van der Waals surface area contributed by atoms with Gasteiger partial charge >= 0.3 is 0 Å². The number of thiazole rings is 1. The number of hydrogen-bond acceptors (Lipinski definition) is 10. The van der Waals surface area contributed by atoms with E-state index in [1.165, 1.54) is 54.2 Å². The van der Waals surface area contributed by atoms with Crippen molar-refractivity contribution >= 4 is 34.3 Å². The van der Waals surface area contributed by atoms with Crippen molar-refractivity contribution in [2.24, 2.45) is 0 Å². The van der Waals surface area contributed by atoms with Gasteiger partial charge in [0.15, 0.2) is 0 Å². The van der Waals surface area contributed by atoms with Crippen LogP contribution in [0.1, 0.15) is 42.9 Å². The Kier molecular flexibility index (Phi) is 7.22. The van der Waals surface area contributed by atoms with Gasteiger partial charge in [0.2, 0.25) is 0 Å². The number of nitrogens with two attached hydrogens (primary N) is 1. The van der Waals surface area contributed by atoms with Crippen LogP contribution in [0.2, 0.25) is 0 Å². The number of ether oxygens (including phenoxy) is 1. The number of nitrogen functional groups attached to an aromatic ring is 1. The van der Waals surface area contributed by atoms with Crippen molar-refractivity contribution in [3.8, 4) is 16.3 Å². The van der Waals surface area contributed by atoms with Gasteiger partial charge in [-0.05, 0) is 50.6 Å². The van der Waals surface area contributed by atoms with Crippen LogP contribution in [0.3, 0.4) is 0 Å². The molecule has 0 saturated carbocycles. The average Bonchev–Trinajstić information content (AvgIpc) is 3.36. The molecule has 10 nitrogen and oxygen atoms in total. The zero-order valence-corrected chi connectivity index (χ0v) is 22.5. The molecule has 0 aliphatic rings. The molecular weight excluding hydrogens is 538 g/mol. The number of rotatable bonds is 8. The fourth-order valence-electron chi connectivity index (χ4n) is 4.14. The highest BCUT2D eigenvalue weighted by Crippen LogP contribution is 2.31. The smallest absolute Gasteiger partial charge is 0.274 e. The van der Waals surface area contributed by atoms with Gasteiger partial charge in [-0.2, -0.15) is 0 Å². The standard InChI is InChI=1S/C27H24F2N8O2S/c1-13(2)39-27-32-10-18(40-27)22(30)21-24(31)33-12-34-25(21)35-14(3)23-20(15-5-4-6-16(28)9-15)26(38)37-11-17(29)7-8-19(37)36-23/h4-14,30H,1-3H3,(H3,31,33,34,35). The number of nitrogens with one attached hydrogen (secondary N) is 2. The van der Waals surface area contributed by atoms with Crippen LogP contribution in [0, 0.1) is 17.0 Å². The zero-order valence-electron chi connectivity index (χ0n) is 21.6. The number of halogens is 2. The Hall–Kier alpha value is -4.78. The maximum Gasteiger partial charge on any atom is 0.274 e. The van der Waals surface area contributed by atoms with E-state index in [4.69, 9.17) is 15.9 Å². The molecule has 0 amide bonds. The SMILES string of the molecule is CC(C)Oc1ncc(C(=N)c2c(N)ncnc2NC(C)c2nc3ccc(F)cn3c(=O)c2-c2cccc(F)c2)s1. The van der Waals surface area contributed by atoms with Crippen LogP contribution in [0.25, 0.3) is 16.8 Å². The Balaban J connectivity index is 1.59. The number of hydrogen-bond donors (Lipinski definition) is 3. The van der Waals surface area contributed by atoms with Crippen LogP contribution < -0.4 is 21.3 Å². The number of fused-ring (bicyclic) bond motifs is 1. The maximum absolute atomic E-state index is 14.2. The lowest BCUT2D eigenvalue weighted by molar-refractivity contribution is 0.241. The van der Waals surface area contributed by atoms with Crippen LogP contribution in [0.15, 0.2) is 59.9 Å². The van der Waals surface area contributed by atoms with Crippen molar-refractivity contribution in [2.75, 3.05) is 11.1 Å². The number of pyridine rings is 1. The van der Waals surface area contributed by atoms with Crippen molar-refractivity contribution in [1.29, 1.82) is 5.41 Å². The van der Waals surface area contributed by atoms with Crippen LogP contribution in [-0.2, 0) is 0 Å². The lowest BCUT2D eigenvalue weighted by Gasteiger charge is -2.20. The molecule has 4 aromatic heterocycles. The first-order valence-corrected chi connectivity index (χ1v) is 13.0. The molecule has 0 fully saturated rings. The summed E-state index contributed by atoms with van der Waals surface area (Å²) in [5.41, 5.74) is 6.69. The molecule has 0 aliphatic heterocycles. The zero-order chi connectivity index (χ0) is 28.6. The molecule has 0 radical (unpaired) electrons. The minimum absolute atomic E-state index is 0.0243. The molecule has 0 aliphatic carbocycles. The quantitative estimate of drug-likeness (QED) is 0.228. The topological polar surface area (TPSA) is 144 Å². The van der Waals surface area contributed by atoms with Crippen molar-refractivity contribution in [1.82, 2.24) is 24.3 Å². The molecule has 0 saturated heterocycles. The Morgan fingerprint density at radius 2 is 1.93 bits per heavy atom. The van der Waals surface area contributed by atoms with E-state index in [1.807, 2.05) is 13.8 Å². The molecule has 0 bridgehead atoms. The molecule has 204 valence electrons. The summed E-state index contributed by atoms with van der Waals surface area (Å²) in [5.74, 6) is -0.888. The van der Waals surface area contributed by atoms with Gasteiger partial charge in [0, 0.05) is 6.20 Å². The third-order valence-corrected chi connectivity index (χ3v) is 6.79. The van der Waals surface area contributed by atoms with E-state index in [2.05, 4.69) is 25.3 Å². The number of anilines is 2. The monoisotopic (exact) mass is 562 g/mol. The summed E-state index contributed by atoms with van der Waals surface area (Å²) in [7, 11) is 0. The first kappa shape index (κ1) is 26.8. The highest BCUT2D eigenvalue weighted by atomic mass is 32.1. The first-order valence-electron chi connectivity index (χ1n) is 12.2. The average molecular weight is 563 g/mol. The van der Waals surface area contributed by atoms with E-state index in [0.29, 0.717) is 10.1 Å². The first-order chi connectivity index (χ1) is 19.1.